The summed E-state index contributed by atoms with van der Waals surface area (Å²) < 4.78 is 42.9. The number of aryl methyl sites for hydroxylation is 1. The number of sulfonamides is 1. The molecule has 1 amide bonds. The van der Waals surface area contributed by atoms with Crippen molar-refractivity contribution >= 4 is 48.5 Å². The van der Waals surface area contributed by atoms with E-state index in [4.69, 9.17) is 0 Å². The zero-order valence-corrected chi connectivity index (χ0v) is 17.4. The molecule has 1 atom stereocenters. The van der Waals surface area contributed by atoms with Gasteiger partial charge >= 0.3 is 0 Å². The number of H-pyrrole nitrogens is 1. The van der Waals surface area contributed by atoms with Crippen molar-refractivity contribution in [1.29, 1.82) is 0 Å². The highest BCUT2D eigenvalue weighted by atomic mass is 79.9. The van der Waals surface area contributed by atoms with Crippen LogP contribution < -0.4 is 10.9 Å². The molecule has 3 heterocycles. The number of aromatic nitrogens is 3. The normalized spacial score (nSPS) is 17.3. The van der Waals surface area contributed by atoms with Gasteiger partial charge in [-0.25, -0.2) is 8.42 Å². The third-order valence-electron chi connectivity index (χ3n) is 4.77. The second kappa shape index (κ2) is 7.04. The van der Waals surface area contributed by atoms with E-state index in [1.54, 1.807) is 13.1 Å². The maximum Gasteiger partial charge on any atom is 0.252 e. The number of pyridine rings is 1. The Bertz CT molecular complexity index is 1300. The van der Waals surface area contributed by atoms with Gasteiger partial charge in [0.25, 0.3) is 5.56 Å². The molecule has 0 aliphatic carbocycles. The fourth-order valence-electron chi connectivity index (χ4n) is 3.11. The van der Waals surface area contributed by atoms with Gasteiger partial charge in [0.05, 0.1) is 5.39 Å². The zero-order chi connectivity index (χ0) is 20.9. The SMILES string of the molecule is Cn1ccc(NC(=O)[C@@H]2CCN2S(=O)(=O)c2cc(Br)cc3c(F)[nH]nc23)cc1=O. The van der Waals surface area contributed by atoms with Crippen LogP contribution in [0.5, 0.6) is 0 Å². The topological polar surface area (TPSA) is 117 Å². The van der Waals surface area contributed by atoms with Gasteiger partial charge < -0.3 is 9.88 Å². The van der Waals surface area contributed by atoms with Crippen LogP contribution in [0.4, 0.5) is 10.1 Å². The predicted molar refractivity (Wildman–Crippen MR) is 106 cm³/mol. The minimum atomic E-state index is -4.11. The molecule has 9 nitrogen and oxygen atoms in total. The van der Waals surface area contributed by atoms with Gasteiger partial charge in [0.15, 0.2) is 0 Å². The highest BCUT2D eigenvalue weighted by molar-refractivity contribution is 9.10. The standard InChI is InChI=1S/C17H15BrFN5O4S/c1-23-4-2-10(8-14(23)25)20-17(26)12-3-5-24(12)29(27,28)13-7-9(18)6-11-15(13)21-22-16(11)19/h2,4,6-8,12H,3,5H2,1H3,(H,20,26)(H,21,22)/t12-/m0/s1. The number of carbonyl (C=O) groups excluding carboxylic acids is 1. The molecule has 1 saturated heterocycles. The van der Waals surface area contributed by atoms with Crippen molar-refractivity contribution in [2.45, 2.75) is 17.4 Å². The molecular weight excluding hydrogens is 469 g/mol. The lowest BCUT2D eigenvalue weighted by Gasteiger charge is -2.38. The molecule has 0 radical (unpaired) electrons. The van der Waals surface area contributed by atoms with E-state index in [1.165, 1.54) is 29.0 Å². The lowest BCUT2D eigenvalue weighted by molar-refractivity contribution is -0.122. The van der Waals surface area contributed by atoms with Crippen molar-refractivity contribution in [2.75, 3.05) is 11.9 Å². The summed E-state index contributed by atoms with van der Waals surface area (Å²) in [7, 11) is -2.54. The van der Waals surface area contributed by atoms with Crippen LogP contribution in [-0.2, 0) is 21.9 Å². The lowest BCUT2D eigenvalue weighted by Crippen LogP contribution is -2.56. The molecule has 0 spiro atoms. The van der Waals surface area contributed by atoms with Gasteiger partial charge in [-0.2, -0.15) is 13.8 Å². The highest BCUT2D eigenvalue weighted by Gasteiger charge is 2.44. The minimum Gasteiger partial charge on any atom is -0.324 e. The first kappa shape index (κ1) is 19.7. The molecule has 1 aliphatic rings. The number of amides is 1. The summed E-state index contributed by atoms with van der Waals surface area (Å²) in [5.41, 5.74) is -0.0668. The van der Waals surface area contributed by atoms with E-state index in [2.05, 4.69) is 31.4 Å². The number of halogens is 2. The summed E-state index contributed by atoms with van der Waals surface area (Å²) in [4.78, 5) is 24.1. The Morgan fingerprint density at radius 1 is 1.38 bits per heavy atom. The first-order chi connectivity index (χ1) is 13.7. The lowest BCUT2D eigenvalue weighted by atomic mass is 10.1. The Morgan fingerprint density at radius 3 is 2.79 bits per heavy atom. The maximum absolute atomic E-state index is 13.9. The Kier molecular flexibility index (Phi) is 4.79. The monoisotopic (exact) mass is 483 g/mol. The first-order valence-corrected chi connectivity index (χ1v) is 10.7. The van der Waals surface area contributed by atoms with Gasteiger partial charge in [-0.1, -0.05) is 15.9 Å². The van der Waals surface area contributed by atoms with Crippen molar-refractivity contribution in [3.63, 3.8) is 0 Å². The van der Waals surface area contributed by atoms with Crippen molar-refractivity contribution in [3.8, 4) is 0 Å². The molecule has 1 aromatic carbocycles. The number of carbonyl (C=O) groups is 1. The number of hydrogen-bond donors (Lipinski definition) is 2. The number of benzene rings is 1. The molecule has 2 N–H and O–H groups in total. The molecule has 12 heteroatoms. The van der Waals surface area contributed by atoms with Crippen molar-refractivity contribution in [2.24, 2.45) is 7.05 Å². The van der Waals surface area contributed by atoms with E-state index >= 15 is 0 Å². The molecule has 29 heavy (non-hydrogen) atoms. The van der Waals surface area contributed by atoms with Gasteiger partial charge in [0.2, 0.25) is 21.9 Å². The number of fused-ring (bicyclic) bond motifs is 1. The highest BCUT2D eigenvalue weighted by Crippen LogP contribution is 2.34. The number of rotatable bonds is 4. The smallest absolute Gasteiger partial charge is 0.252 e. The summed E-state index contributed by atoms with van der Waals surface area (Å²) in [5, 5.41) is 8.49. The summed E-state index contributed by atoms with van der Waals surface area (Å²) >= 11 is 3.18. The average molecular weight is 484 g/mol. The van der Waals surface area contributed by atoms with Crippen LogP contribution in [-0.4, -0.2) is 46.0 Å². The fourth-order valence-corrected chi connectivity index (χ4v) is 5.53. The Morgan fingerprint density at radius 2 is 2.14 bits per heavy atom. The maximum atomic E-state index is 13.9. The van der Waals surface area contributed by atoms with Crippen molar-refractivity contribution < 1.29 is 17.6 Å². The van der Waals surface area contributed by atoms with Gasteiger partial charge in [-0.05, 0) is 24.6 Å². The van der Waals surface area contributed by atoms with Crippen LogP contribution >= 0.6 is 15.9 Å². The molecule has 0 saturated carbocycles. The number of nitrogens with zero attached hydrogens (tertiary/aromatic N) is 3. The van der Waals surface area contributed by atoms with Crippen LogP contribution in [0.2, 0.25) is 0 Å². The van der Waals surface area contributed by atoms with Crippen LogP contribution in [0.3, 0.4) is 0 Å². The summed E-state index contributed by atoms with van der Waals surface area (Å²) in [6.45, 7) is 0.137. The Balaban J connectivity index is 1.64. The fraction of sp³-hybridized carbons (Fsp3) is 0.235. The third-order valence-corrected chi connectivity index (χ3v) is 7.15. The molecule has 0 bridgehead atoms. The second-order valence-electron chi connectivity index (χ2n) is 6.61. The van der Waals surface area contributed by atoms with Gasteiger partial charge in [-0.3, -0.25) is 14.7 Å². The van der Waals surface area contributed by atoms with Crippen molar-refractivity contribution in [1.82, 2.24) is 19.1 Å². The number of nitrogens with one attached hydrogen (secondary N) is 2. The van der Waals surface area contributed by atoms with Crippen LogP contribution in [0, 0.1) is 5.95 Å². The van der Waals surface area contributed by atoms with Gasteiger partial charge in [0.1, 0.15) is 16.5 Å². The second-order valence-corrected chi connectivity index (χ2v) is 9.39. The summed E-state index contributed by atoms with van der Waals surface area (Å²) in [6.07, 6.45) is 1.82. The summed E-state index contributed by atoms with van der Waals surface area (Å²) in [6, 6.07) is 4.60. The van der Waals surface area contributed by atoms with Crippen LogP contribution in [0.1, 0.15) is 6.42 Å². The van der Waals surface area contributed by atoms with E-state index in [9.17, 15) is 22.4 Å². The Hall–Kier alpha value is -2.57. The third kappa shape index (κ3) is 3.36. The molecule has 0 unspecified atom stereocenters. The van der Waals surface area contributed by atoms with E-state index < -0.39 is 27.9 Å². The molecule has 1 aliphatic heterocycles. The van der Waals surface area contributed by atoms with E-state index in [1.807, 2.05) is 0 Å². The molecule has 4 rings (SSSR count). The quantitative estimate of drug-likeness (QED) is 0.583. The van der Waals surface area contributed by atoms with Gasteiger partial charge in [0, 0.05) is 36.0 Å². The Labute approximate surface area is 172 Å². The molecule has 1 fully saturated rings. The molecule has 152 valence electrons. The van der Waals surface area contributed by atoms with E-state index in [-0.39, 0.29) is 33.6 Å². The average Bonchev–Trinajstić information content (AvgIpc) is 2.97. The molecule has 3 aromatic rings. The van der Waals surface area contributed by atoms with Crippen LogP contribution in [0.25, 0.3) is 10.9 Å². The van der Waals surface area contributed by atoms with Crippen molar-refractivity contribution in [3.05, 3.63) is 51.2 Å². The summed E-state index contributed by atoms with van der Waals surface area (Å²) in [5.74, 6) is -1.30. The predicted octanol–water partition coefficient (Wildman–Crippen LogP) is 1.56. The number of aromatic amines is 1. The number of hydrogen-bond acceptors (Lipinski definition) is 5. The minimum absolute atomic E-state index is 0.0274. The van der Waals surface area contributed by atoms with E-state index in [0.717, 1.165) is 4.31 Å². The number of anilines is 1. The van der Waals surface area contributed by atoms with Crippen LogP contribution in [0.15, 0.2) is 44.6 Å². The van der Waals surface area contributed by atoms with Gasteiger partial charge in [-0.15, -0.1) is 0 Å². The molecule has 2 aromatic heterocycles. The first-order valence-electron chi connectivity index (χ1n) is 8.51. The molecular formula is C17H15BrFN5O4S. The largest absolute Gasteiger partial charge is 0.324 e. The van der Waals surface area contributed by atoms with E-state index in [0.29, 0.717) is 10.9 Å². The zero-order valence-electron chi connectivity index (χ0n) is 15.0.